The number of hydrogen-bond acceptors (Lipinski definition) is 4. The minimum Gasteiger partial charge on any atom is -0.464 e. The molecule has 1 aromatic rings. The van der Waals surface area contributed by atoms with Gasteiger partial charge in [-0.2, -0.15) is 0 Å². The highest BCUT2D eigenvalue weighted by molar-refractivity contribution is 7.91. The largest absolute Gasteiger partial charge is 0.464 e. The molecular weight excluding hydrogens is 262 g/mol. The van der Waals surface area contributed by atoms with Crippen molar-refractivity contribution in [1.82, 2.24) is 5.32 Å². The van der Waals surface area contributed by atoms with E-state index in [9.17, 15) is 8.42 Å². The van der Waals surface area contributed by atoms with Gasteiger partial charge in [0.15, 0.2) is 9.84 Å². The second-order valence-electron chi connectivity index (χ2n) is 6.84. The van der Waals surface area contributed by atoms with E-state index >= 15 is 0 Å². The van der Waals surface area contributed by atoms with E-state index in [2.05, 4.69) is 26.1 Å². The third kappa shape index (κ3) is 4.99. The smallest absolute Gasteiger partial charge is 0.162 e. The van der Waals surface area contributed by atoms with Crippen molar-refractivity contribution < 1.29 is 12.8 Å². The van der Waals surface area contributed by atoms with Crippen LogP contribution in [0.3, 0.4) is 0 Å². The molecule has 1 rings (SSSR count). The van der Waals surface area contributed by atoms with E-state index in [0.29, 0.717) is 12.3 Å². The maximum absolute atomic E-state index is 12.1. The van der Waals surface area contributed by atoms with E-state index in [0.717, 1.165) is 5.76 Å². The van der Waals surface area contributed by atoms with Crippen molar-refractivity contribution in [3.63, 3.8) is 0 Å². The average molecular weight is 287 g/mol. The van der Waals surface area contributed by atoms with Gasteiger partial charge in [0, 0.05) is 5.54 Å². The summed E-state index contributed by atoms with van der Waals surface area (Å²) in [6, 6.07) is 3.56. The zero-order chi connectivity index (χ0) is 14.9. The monoisotopic (exact) mass is 287 g/mol. The van der Waals surface area contributed by atoms with Crippen LogP contribution in [0.2, 0.25) is 0 Å². The number of furan rings is 1. The quantitative estimate of drug-likeness (QED) is 0.925. The molecule has 5 heteroatoms. The molecule has 0 radical (unpaired) electrons. The molecule has 0 amide bonds. The Balaban J connectivity index is 2.71. The number of rotatable bonds is 4. The first-order valence-electron chi connectivity index (χ1n) is 6.46. The van der Waals surface area contributed by atoms with Crippen LogP contribution >= 0.6 is 0 Å². The lowest BCUT2D eigenvalue weighted by molar-refractivity contribution is 0.381. The molecule has 0 aliphatic rings. The first-order chi connectivity index (χ1) is 8.41. The lowest BCUT2D eigenvalue weighted by Gasteiger charge is -2.19. The van der Waals surface area contributed by atoms with Gasteiger partial charge in [-0.25, -0.2) is 8.42 Å². The summed E-state index contributed by atoms with van der Waals surface area (Å²) in [5.74, 6) is 1.21. The fraction of sp³-hybridized carbons (Fsp3) is 0.714. The summed E-state index contributed by atoms with van der Waals surface area (Å²) >= 11 is 0. The number of nitrogens with one attached hydrogen (secondary N) is 1. The van der Waals surface area contributed by atoms with E-state index in [4.69, 9.17) is 4.42 Å². The summed E-state index contributed by atoms with van der Waals surface area (Å²) in [7, 11) is -3.19. The molecule has 19 heavy (non-hydrogen) atoms. The number of sulfone groups is 1. The first-order valence-corrected chi connectivity index (χ1v) is 8.11. The molecule has 0 spiro atoms. The Labute approximate surface area is 116 Å². The van der Waals surface area contributed by atoms with E-state index < -0.39 is 14.6 Å². The van der Waals surface area contributed by atoms with Gasteiger partial charge in [0.1, 0.15) is 17.3 Å². The topological polar surface area (TPSA) is 59.3 Å². The van der Waals surface area contributed by atoms with Crippen molar-refractivity contribution >= 4 is 9.84 Å². The van der Waals surface area contributed by atoms with Gasteiger partial charge in [0.25, 0.3) is 0 Å². The Morgan fingerprint density at radius 1 is 1.05 bits per heavy atom. The molecule has 0 atom stereocenters. The lowest BCUT2D eigenvalue weighted by Crippen LogP contribution is -2.34. The summed E-state index contributed by atoms with van der Waals surface area (Å²) in [6.07, 6.45) is 0. The Kier molecular flexibility index (Phi) is 4.52. The number of hydrogen-bond donors (Lipinski definition) is 1. The van der Waals surface area contributed by atoms with Crippen molar-refractivity contribution in [2.75, 3.05) is 0 Å². The molecule has 0 fully saturated rings. The molecule has 0 unspecified atom stereocenters. The van der Waals surface area contributed by atoms with Crippen LogP contribution in [0.4, 0.5) is 0 Å². The van der Waals surface area contributed by atoms with Crippen LogP contribution < -0.4 is 5.32 Å². The highest BCUT2D eigenvalue weighted by Crippen LogP contribution is 2.21. The van der Waals surface area contributed by atoms with Crippen molar-refractivity contribution in [2.24, 2.45) is 0 Å². The Morgan fingerprint density at radius 3 is 2.05 bits per heavy atom. The first kappa shape index (κ1) is 16.2. The molecule has 0 aliphatic heterocycles. The molecule has 0 saturated heterocycles. The van der Waals surface area contributed by atoms with Crippen molar-refractivity contribution in [1.29, 1.82) is 0 Å². The van der Waals surface area contributed by atoms with E-state index in [1.165, 1.54) is 0 Å². The van der Waals surface area contributed by atoms with Gasteiger partial charge in [-0.15, -0.1) is 0 Å². The second kappa shape index (κ2) is 5.29. The zero-order valence-corrected chi connectivity index (χ0v) is 13.5. The molecule has 0 bridgehead atoms. The molecule has 110 valence electrons. The molecular formula is C14H25NO3S. The van der Waals surface area contributed by atoms with Crippen LogP contribution in [0.1, 0.15) is 53.1 Å². The molecule has 0 aromatic carbocycles. The molecule has 1 heterocycles. The third-order valence-electron chi connectivity index (χ3n) is 2.78. The van der Waals surface area contributed by atoms with Gasteiger partial charge < -0.3 is 9.73 Å². The summed E-state index contributed by atoms with van der Waals surface area (Å²) in [6.45, 7) is 11.9. The SMILES string of the molecule is CC(C)(C)NCc1ccc(CS(=O)(=O)C(C)(C)C)o1. The highest BCUT2D eigenvalue weighted by Gasteiger charge is 2.30. The summed E-state index contributed by atoms with van der Waals surface area (Å²) < 4.78 is 29.0. The van der Waals surface area contributed by atoms with Crippen molar-refractivity contribution in [2.45, 2.75) is 64.1 Å². The standard InChI is InChI=1S/C14H25NO3S/c1-13(2,3)15-9-11-7-8-12(18-11)10-19(16,17)14(4,5)6/h7-8,15H,9-10H2,1-6H3. The van der Waals surface area contributed by atoms with E-state index in [1.807, 2.05) is 6.07 Å². The van der Waals surface area contributed by atoms with Crippen molar-refractivity contribution in [3.8, 4) is 0 Å². The molecule has 0 aliphatic carbocycles. The summed E-state index contributed by atoms with van der Waals surface area (Å²) in [5.41, 5.74) is 0.00440. The second-order valence-corrected chi connectivity index (χ2v) is 9.59. The fourth-order valence-corrected chi connectivity index (χ4v) is 2.31. The Bertz CT molecular complexity index is 516. The van der Waals surface area contributed by atoms with Crippen LogP contribution in [0.25, 0.3) is 0 Å². The minimum atomic E-state index is -3.19. The Hall–Kier alpha value is -0.810. The van der Waals surface area contributed by atoms with E-state index in [1.54, 1.807) is 26.8 Å². The van der Waals surface area contributed by atoms with Crippen LogP contribution in [0.5, 0.6) is 0 Å². The predicted octanol–water partition coefficient (Wildman–Crippen LogP) is 2.88. The average Bonchev–Trinajstić information content (AvgIpc) is 2.59. The van der Waals surface area contributed by atoms with Crippen LogP contribution in [0.15, 0.2) is 16.5 Å². The van der Waals surface area contributed by atoms with Crippen LogP contribution in [-0.4, -0.2) is 18.7 Å². The zero-order valence-electron chi connectivity index (χ0n) is 12.7. The molecule has 1 N–H and O–H groups in total. The normalized spacial score (nSPS) is 13.8. The fourth-order valence-electron chi connectivity index (χ4n) is 1.35. The highest BCUT2D eigenvalue weighted by atomic mass is 32.2. The van der Waals surface area contributed by atoms with Crippen molar-refractivity contribution in [3.05, 3.63) is 23.7 Å². The predicted molar refractivity (Wildman–Crippen MR) is 77.7 cm³/mol. The van der Waals surface area contributed by atoms with Gasteiger partial charge in [-0.05, 0) is 53.7 Å². The van der Waals surface area contributed by atoms with E-state index in [-0.39, 0.29) is 11.3 Å². The molecule has 4 nitrogen and oxygen atoms in total. The van der Waals surface area contributed by atoms with Crippen LogP contribution in [-0.2, 0) is 22.1 Å². The van der Waals surface area contributed by atoms with Crippen LogP contribution in [0, 0.1) is 0 Å². The maximum Gasteiger partial charge on any atom is 0.162 e. The molecule has 0 saturated carbocycles. The summed E-state index contributed by atoms with van der Waals surface area (Å²) in [4.78, 5) is 0. The minimum absolute atomic E-state index is 0.00440. The maximum atomic E-state index is 12.1. The molecule has 1 aromatic heterocycles. The van der Waals surface area contributed by atoms with Gasteiger partial charge >= 0.3 is 0 Å². The third-order valence-corrected chi connectivity index (χ3v) is 5.31. The lowest BCUT2D eigenvalue weighted by atomic mass is 10.1. The Morgan fingerprint density at radius 2 is 1.58 bits per heavy atom. The van der Waals surface area contributed by atoms with Gasteiger partial charge in [-0.3, -0.25) is 0 Å². The van der Waals surface area contributed by atoms with Gasteiger partial charge in [-0.1, -0.05) is 0 Å². The summed E-state index contributed by atoms with van der Waals surface area (Å²) in [5, 5.41) is 3.30. The van der Waals surface area contributed by atoms with Gasteiger partial charge in [0.05, 0.1) is 11.3 Å². The van der Waals surface area contributed by atoms with Gasteiger partial charge in [0.2, 0.25) is 0 Å².